The topological polar surface area (TPSA) is 44.4 Å². The van der Waals surface area contributed by atoms with E-state index in [1.165, 1.54) is 0 Å². The van der Waals surface area contributed by atoms with E-state index in [2.05, 4.69) is 22.5 Å². The van der Waals surface area contributed by atoms with Gasteiger partial charge in [0, 0.05) is 39.1 Å². The summed E-state index contributed by atoms with van der Waals surface area (Å²) in [5, 5.41) is 6.01. The van der Waals surface area contributed by atoms with Crippen LogP contribution < -0.4 is 10.6 Å². The Morgan fingerprint density at radius 1 is 1.57 bits per heavy atom. The first kappa shape index (κ1) is 10.9. The van der Waals surface area contributed by atoms with Crippen molar-refractivity contribution in [2.75, 3.05) is 32.7 Å². The number of hydrogen-bond donors (Lipinski definition) is 2. The molecule has 1 fully saturated rings. The Morgan fingerprint density at radius 2 is 2.43 bits per heavy atom. The fraction of sp³-hybridized carbons (Fsp3) is 0.700. The van der Waals surface area contributed by atoms with E-state index in [4.69, 9.17) is 0 Å². The first-order valence-electron chi connectivity index (χ1n) is 4.97. The van der Waals surface area contributed by atoms with Crippen LogP contribution in [0.1, 0.15) is 13.3 Å². The summed E-state index contributed by atoms with van der Waals surface area (Å²) >= 11 is 0. The standard InChI is InChI=1S/C10H17N3O/c1-2-3-4-5-11-6-8-13-9-7-12-10(13)14/h11H,4-9H2,1H3,(H,12,14). The smallest absolute Gasteiger partial charge is 0.317 e. The van der Waals surface area contributed by atoms with Gasteiger partial charge in [-0.3, -0.25) is 0 Å². The highest BCUT2D eigenvalue weighted by Gasteiger charge is 2.17. The number of nitrogens with zero attached hydrogens (tertiary/aromatic N) is 1. The second kappa shape index (κ2) is 6.28. The van der Waals surface area contributed by atoms with Crippen LogP contribution in [0, 0.1) is 11.8 Å². The van der Waals surface area contributed by atoms with Crippen molar-refractivity contribution in [3.63, 3.8) is 0 Å². The van der Waals surface area contributed by atoms with Gasteiger partial charge in [0.25, 0.3) is 0 Å². The predicted molar refractivity (Wildman–Crippen MR) is 55.9 cm³/mol. The van der Waals surface area contributed by atoms with Crippen molar-refractivity contribution in [1.82, 2.24) is 15.5 Å². The molecule has 4 heteroatoms. The van der Waals surface area contributed by atoms with E-state index in [0.717, 1.165) is 39.1 Å². The summed E-state index contributed by atoms with van der Waals surface area (Å²) in [5.74, 6) is 5.82. The van der Waals surface area contributed by atoms with E-state index in [1.807, 2.05) is 11.8 Å². The van der Waals surface area contributed by atoms with E-state index in [1.54, 1.807) is 0 Å². The second-order valence-corrected chi connectivity index (χ2v) is 3.15. The zero-order valence-electron chi connectivity index (χ0n) is 8.60. The lowest BCUT2D eigenvalue weighted by atomic mass is 10.4. The van der Waals surface area contributed by atoms with Gasteiger partial charge in [-0.15, -0.1) is 11.8 Å². The monoisotopic (exact) mass is 195 g/mol. The van der Waals surface area contributed by atoms with Crippen LogP contribution in [0.5, 0.6) is 0 Å². The Kier molecular flexibility index (Phi) is 4.87. The van der Waals surface area contributed by atoms with Gasteiger partial charge >= 0.3 is 6.03 Å². The molecule has 1 saturated heterocycles. The van der Waals surface area contributed by atoms with Crippen LogP contribution in [0.2, 0.25) is 0 Å². The van der Waals surface area contributed by atoms with Crippen LogP contribution in [0.3, 0.4) is 0 Å². The molecule has 2 amide bonds. The molecule has 0 aliphatic carbocycles. The molecule has 0 aromatic carbocycles. The maximum absolute atomic E-state index is 11.1. The van der Waals surface area contributed by atoms with Crippen LogP contribution in [0.4, 0.5) is 4.79 Å². The lowest BCUT2D eigenvalue weighted by Crippen LogP contribution is -2.34. The van der Waals surface area contributed by atoms with E-state index in [-0.39, 0.29) is 6.03 Å². The highest BCUT2D eigenvalue weighted by atomic mass is 16.2. The minimum Gasteiger partial charge on any atom is -0.336 e. The van der Waals surface area contributed by atoms with Gasteiger partial charge in [0.2, 0.25) is 0 Å². The van der Waals surface area contributed by atoms with Gasteiger partial charge in [-0.25, -0.2) is 4.79 Å². The molecule has 4 nitrogen and oxygen atoms in total. The lowest BCUT2D eigenvalue weighted by molar-refractivity contribution is 0.217. The zero-order valence-corrected chi connectivity index (χ0v) is 8.60. The third-order valence-corrected chi connectivity index (χ3v) is 2.11. The summed E-state index contributed by atoms with van der Waals surface area (Å²) in [7, 11) is 0. The average molecular weight is 195 g/mol. The normalized spacial score (nSPS) is 14.9. The Balaban J connectivity index is 1.97. The molecule has 0 unspecified atom stereocenters. The largest absolute Gasteiger partial charge is 0.336 e. The van der Waals surface area contributed by atoms with Crippen molar-refractivity contribution in [2.24, 2.45) is 0 Å². The van der Waals surface area contributed by atoms with Crippen LogP contribution in [0.25, 0.3) is 0 Å². The molecular weight excluding hydrogens is 178 g/mol. The number of amides is 2. The van der Waals surface area contributed by atoms with Crippen molar-refractivity contribution in [3.05, 3.63) is 0 Å². The highest BCUT2D eigenvalue weighted by molar-refractivity contribution is 5.76. The number of rotatable bonds is 5. The maximum atomic E-state index is 11.1. The number of hydrogen-bond acceptors (Lipinski definition) is 2. The minimum atomic E-state index is 0.0557. The zero-order chi connectivity index (χ0) is 10.2. The Bertz CT molecular complexity index is 241. The van der Waals surface area contributed by atoms with Gasteiger partial charge in [-0.1, -0.05) is 0 Å². The summed E-state index contributed by atoms with van der Waals surface area (Å²) in [6.45, 7) is 5.98. The Labute approximate surface area is 85.0 Å². The first-order valence-corrected chi connectivity index (χ1v) is 4.97. The Morgan fingerprint density at radius 3 is 3.07 bits per heavy atom. The molecule has 1 aliphatic rings. The summed E-state index contributed by atoms with van der Waals surface area (Å²) < 4.78 is 0. The molecule has 14 heavy (non-hydrogen) atoms. The van der Waals surface area contributed by atoms with Gasteiger partial charge in [-0.2, -0.15) is 0 Å². The molecule has 0 aromatic rings. The highest BCUT2D eigenvalue weighted by Crippen LogP contribution is 1.94. The molecule has 1 aliphatic heterocycles. The summed E-state index contributed by atoms with van der Waals surface area (Å²) in [6, 6.07) is 0.0557. The minimum absolute atomic E-state index is 0.0557. The second-order valence-electron chi connectivity index (χ2n) is 3.15. The number of carbonyl (C=O) groups is 1. The van der Waals surface area contributed by atoms with Crippen molar-refractivity contribution in [3.8, 4) is 11.8 Å². The average Bonchev–Trinajstić information content (AvgIpc) is 2.58. The van der Waals surface area contributed by atoms with Crippen molar-refractivity contribution < 1.29 is 4.79 Å². The van der Waals surface area contributed by atoms with Gasteiger partial charge in [0.1, 0.15) is 0 Å². The lowest BCUT2D eigenvalue weighted by Gasteiger charge is -2.13. The SMILES string of the molecule is CC#CCCNCCN1CCNC1=O. The van der Waals surface area contributed by atoms with E-state index in [9.17, 15) is 4.79 Å². The molecule has 0 aromatic heterocycles. The molecule has 2 N–H and O–H groups in total. The summed E-state index contributed by atoms with van der Waals surface area (Å²) in [4.78, 5) is 12.9. The molecule has 0 atom stereocenters. The van der Waals surface area contributed by atoms with Crippen molar-refractivity contribution in [2.45, 2.75) is 13.3 Å². The van der Waals surface area contributed by atoms with Crippen LogP contribution in [0.15, 0.2) is 0 Å². The number of urea groups is 1. The van der Waals surface area contributed by atoms with E-state index in [0.29, 0.717) is 0 Å². The van der Waals surface area contributed by atoms with Crippen molar-refractivity contribution in [1.29, 1.82) is 0 Å². The van der Waals surface area contributed by atoms with Crippen LogP contribution in [-0.2, 0) is 0 Å². The van der Waals surface area contributed by atoms with E-state index >= 15 is 0 Å². The van der Waals surface area contributed by atoms with Gasteiger partial charge in [0.15, 0.2) is 0 Å². The van der Waals surface area contributed by atoms with Gasteiger partial charge in [-0.05, 0) is 6.92 Å². The molecular formula is C10H17N3O. The molecule has 0 spiro atoms. The molecule has 0 radical (unpaired) electrons. The van der Waals surface area contributed by atoms with Crippen LogP contribution in [-0.4, -0.2) is 43.7 Å². The summed E-state index contributed by atoms with van der Waals surface area (Å²) in [5.41, 5.74) is 0. The predicted octanol–water partition coefficient (Wildman–Crippen LogP) is 0.0146. The molecule has 1 heterocycles. The summed E-state index contributed by atoms with van der Waals surface area (Å²) in [6.07, 6.45) is 0.878. The molecule has 0 bridgehead atoms. The number of carbonyl (C=O) groups excluding carboxylic acids is 1. The van der Waals surface area contributed by atoms with E-state index < -0.39 is 0 Å². The van der Waals surface area contributed by atoms with Crippen LogP contribution >= 0.6 is 0 Å². The van der Waals surface area contributed by atoms with Crippen molar-refractivity contribution >= 4 is 6.03 Å². The fourth-order valence-corrected chi connectivity index (χ4v) is 1.34. The molecule has 78 valence electrons. The maximum Gasteiger partial charge on any atom is 0.317 e. The van der Waals surface area contributed by atoms with Gasteiger partial charge < -0.3 is 15.5 Å². The third-order valence-electron chi connectivity index (χ3n) is 2.11. The number of nitrogens with one attached hydrogen (secondary N) is 2. The molecule has 1 rings (SSSR count). The third kappa shape index (κ3) is 3.67. The van der Waals surface area contributed by atoms with Gasteiger partial charge in [0.05, 0.1) is 0 Å². The fourth-order valence-electron chi connectivity index (χ4n) is 1.34. The first-order chi connectivity index (χ1) is 6.84. The molecule has 0 saturated carbocycles. The Hall–Kier alpha value is -1.21. The quantitative estimate of drug-likeness (QED) is 0.479.